The van der Waals surface area contributed by atoms with E-state index in [0.717, 1.165) is 28.0 Å². The lowest BCUT2D eigenvalue weighted by Gasteiger charge is -2.07. The number of imidazole rings is 1. The molecule has 142 valence electrons. The standard InChI is InChI=1S/C23H17ClN4O/c1-15-6-8-17(9-7-15)23-27-26-21(29-23)14-28-20-5-3-2-4-19(20)25-22(28)16-10-12-18(24)13-11-16/h2-13H,14H2,1H3. The van der Waals surface area contributed by atoms with Crippen molar-refractivity contribution in [1.29, 1.82) is 0 Å². The monoisotopic (exact) mass is 400 g/mol. The van der Waals surface area contributed by atoms with Crippen LogP contribution in [0.3, 0.4) is 0 Å². The maximum absolute atomic E-state index is 6.06. The summed E-state index contributed by atoms with van der Waals surface area (Å²) in [5.41, 5.74) is 4.99. The lowest BCUT2D eigenvalue weighted by atomic mass is 10.1. The van der Waals surface area contributed by atoms with Crippen LogP contribution in [0.5, 0.6) is 0 Å². The van der Waals surface area contributed by atoms with Gasteiger partial charge in [0.2, 0.25) is 11.8 Å². The van der Waals surface area contributed by atoms with Crippen LogP contribution in [-0.4, -0.2) is 19.7 Å². The largest absolute Gasteiger partial charge is 0.419 e. The van der Waals surface area contributed by atoms with Crippen LogP contribution in [0, 0.1) is 6.92 Å². The zero-order valence-electron chi connectivity index (χ0n) is 15.7. The number of para-hydroxylation sites is 2. The van der Waals surface area contributed by atoms with Gasteiger partial charge in [-0.2, -0.15) is 0 Å². The van der Waals surface area contributed by atoms with E-state index in [1.165, 1.54) is 5.56 Å². The van der Waals surface area contributed by atoms with Crippen molar-refractivity contribution < 1.29 is 4.42 Å². The summed E-state index contributed by atoms with van der Waals surface area (Å²) >= 11 is 6.06. The van der Waals surface area contributed by atoms with Gasteiger partial charge in [-0.05, 0) is 55.5 Å². The molecule has 0 radical (unpaired) electrons. The summed E-state index contributed by atoms with van der Waals surface area (Å²) in [5.74, 6) is 1.87. The molecule has 0 N–H and O–H groups in total. The number of rotatable bonds is 4. The highest BCUT2D eigenvalue weighted by atomic mass is 35.5. The third kappa shape index (κ3) is 3.41. The van der Waals surface area contributed by atoms with Crippen molar-refractivity contribution in [2.45, 2.75) is 13.5 Å². The molecule has 29 heavy (non-hydrogen) atoms. The summed E-state index contributed by atoms with van der Waals surface area (Å²) in [5, 5.41) is 9.17. The molecule has 0 spiro atoms. The molecule has 0 saturated heterocycles. The minimum Gasteiger partial charge on any atom is -0.419 e. The molecule has 0 aliphatic carbocycles. The zero-order valence-corrected chi connectivity index (χ0v) is 16.5. The van der Waals surface area contributed by atoms with Crippen molar-refractivity contribution in [2.24, 2.45) is 0 Å². The number of benzene rings is 3. The van der Waals surface area contributed by atoms with Gasteiger partial charge in [0, 0.05) is 16.1 Å². The molecular formula is C23H17ClN4O. The zero-order chi connectivity index (χ0) is 19.8. The normalized spacial score (nSPS) is 11.2. The molecule has 0 aliphatic rings. The Balaban J connectivity index is 1.56. The van der Waals surface area contributed by atoms with Crippen molar-refractivity contribution in [2.75, 3.05) is 0 Å². The highest BCUT2D eigenvalue weighted by Crippen LogP contribution is 2.27. The van der Waals surface area contributed by atoms with Crippen LogP contribution in [0.15, 0.2) is 77.2 Å². The van der Waals surface area contributed by atoms with E-state index in [1.54, 1.807) is 0 Å². The van der Waals surface area contributed by atoms with Gasteiger partial charge in [-0.1, -0.05) is 41.4 Å². The van der Waals surface area contributed by atoms with Gasteiger partial charge in [0.25, 0.3) is 0 Å². The number of halogens is 1. The van der Waals surface area contributed by atoms with E-state index in [-0.39, 0.29) is 0 Å². The van der Waals surface area contributed by atoms with E-state index in [9.17, 15) is 0 Å². The molecular weight excluding hydrogens is 384 g/mol. The van der Waals surface area contributed by atoms with Gasteiger partial charge in [0.05, 0.1) is 11.0 Å². The van der Waals surface area contributed by atoms with Crippen LogP contribution in [0.4, 0.5) is 0 Å². The fraction of sp³-hybridized carbons (Fsp3) is 0.0870. The summed E-state index contributed by atoms with van der Waals surface area (Å²) in [4.78, 5) is 4.81. The second-order valence-corrected chi connectivity index (χ2v) is 7.32. The van der Waals surface area contributed by atoms with Crippen molar-refractivity contribution in [3.8, 4) is 22.8 Å². The van der Waals surface area contributed by atoms with Gasteiger partial charge in [0.1, 0.15) is 12.4 Å². The number of aryl methyl sites for hydroxylation is 1. The Kier molecular flexibility index (Phi) is 4.37. The second-order valence-electron chi connectivity index (χ2n) is 6.88. The molecule has 0 unspecified atom stereocenters. The Morgan fingerprint density at radius 3 is 2.38 bits per heavy atom. The van der Waals surface area contributed by atoms with Crippen LogP contribution < -0.4 is 0 Å². The fourth-order valence-electron chi connectivity index (χ4n) is 3.32. The number of hydrogen-bond acceptors (Lipinski definition) is 4. The van der Waals surface area contributed by atoms with Gasteiger partial charge >= 0.3 is 0 Å². The van der Waals surface area contributed by atoms with Crippen molar-refractivity contribution in [3.05, 3.63) is 89.3 Å². The first-order valence-electron chi connectivity index (χ1n) is 9.28. The summed E-state index contributed by atoms with van der Waals surface area (Å²) in [7, 11) is 0. The van der Waals surface area contributed by atoms with Crippen LogP contribution in [0.1, 0.15) is 11.5 Å². The number of hydrogen-bond donors (Lipinski definition) is 0. The average molecular weight is 401 g/mol. The van der Waals surface area contributed by atoms with Gasteiger partial charge in [-0.3, -0.25) is 0 Å². The molecule has 6 heteroatoms. The van der Waals surface area contributed by atoms with Gasteiger partial charge in [-0.15, -0.1) is 10.2 Å². The SMILES string of the molecule is Cc1ccc(-c2nnc(Cn3c(-c4ccc(Cl)cc4)nc4ccccc43)o2)cc1. The van der Waals surface area contributed by atoms with E-state index >= 15 is 0 Å². The summed E-state index contributed by atoms with van der Waals surface area (Å²) in [6.45, 7) is 2.48. The second kappa shape index (κ2) is 7.18. The average Bonchev–Trinajstić information content (AvgIpc) is 3.35. The van der Waals surface area contributed by atoms with E-state index in [1.807, 2.05) is 79.7 Å². The Morgan fingerprint density at radius 1 is 0.862 bits per heavy atom. The third-order valence-corrected chi connectivity index (χ3v) is 5.07. The number of nitrogens with zero attached hydrogens (tertiary/aromatic N) is 4. The van der Waals surface area contributed by atoms with Crippen molar-refractivity contribution in [1.82, 2.24) is 19.7 Å². The lowest BCUT2D eigenvalue weighted by molar-refractivity contribution is 0.492. The number of aromatic nitrogens is 4. The maximum atomic E-state index is 6.06. The summed E-state index contributed by atoms with van der Waals surface area (Å²) in [6.07, 6.45) is 0. The van der Waals surface area contributed by atoms with E-state index in [4.69, 9.17) is 21.0 Å². The smallest absolute Gasteiger partial charge is 0.247 e. The molecule has 5 rings (SSSR count). The molecule has 5 nitrogen and oxygen atoms in total. The molecule has 5 aromatic rings. The first-order valence-corrected chi connectivity index (χ1v) is 9.66. The van der Waals surface area contributed by atoms with E-state index in [2.05, 4.69) is 14.8 Å². The van der Waals surface area contributed by atoms with Crippen LogP contribution in [0.25, 0.3) is 33.9 Å². The molecule has 0 atom stereocenters. The lowest BCUT2D eigenvalue weighted by Crippen LogP contribution is -2.02. The van der Waals surface area contributed by atoms with E-state index in [0.29, 0.717) is 23.3 Å². The first-order chi connectivity index (χ1) is 14.2. The van der Waals surface area contributed by atoms with Crippen LogP contribution >= 0.6 is 11.6 Å². The van der Waals surface area contributed by atoms with Crippen LogP contribution in [0.2, 0.25) is 5.02 Å². The highest BCUT2D eigenvalue weighted by molar-refractivity contribution is 6.30. The van der Waals surface area contributed by atoms with Crippen molar-refractivity contribution in [3.63, 3.8) is 0 Å². The minimum absolute atomic E-state index is 0.428. The van der Waals surface area contributed by atoms with Crippen LogP contribution in [-0.2, 0) is 6.54 Å². The number of fused-ring (bicyclic) bond motifs is 1. The Hall–Kier alpha value is -3.44. The molecule has 0 saturated carbocycles. The quantitative estimate of drug-likeness (QED) is 0.384. The van der Waals surface area contributed by atoms with E-state index < -0.39 is 0 Å². The molecule has 0 amide bonds. The Bertz CT molecular complexity index is 1290. The topological polar surface area (TPSA) is 56.7 Å². The molecule has 2 heterocycles. The van der Waals surface area contributed by atoms with Gasteiger partial charge in [0.15, 0.2) is 0 Å². The Morgan fingerprint density at radius 2 is 1.59 bits per heavy atom. The molecule has 0 aliphatic heterocycles. The summed E-state index contributed by atoms with van der Waals surface area (Å²) < 4.78 is 8.04. The predicted molar refractivity (Wildman–Crippen MR) is 114 cm³/mol. The maximum Gasteiger partial charge on any atom is 0.247 e. The van der Waals surface area contributed by atoms with Gasteiger partial charge < -0.3 is 8.98 Å². The fourth-order valence-corrected chi connectivity index (χ4v) is 3.45. The van der Waals surface area contributed by atoms with Crippen molar-refractivity contribution >= 4 is 22.6 Å². The molecule has 0 bridgehead atoms. The molecule has 2 aromatic heterocycles. The van der Waals surface area contributed by atoms with Gasteiger partial charge in [-0.25, -0.2) is 4.98 Å². The summed E-state index contributed by atoms with van der Waals surface area (Å²) in [6, 6.07) is 23.7. The third-order valence-electron chi connectivity index (χ3n) is 4.82. The molecule has 0 fully saturated rings. The minimum atomic E-state index is 0.428. The highest BCUT2D eigenvalue weighted by Gasteiger charge is 2.16. The predicted octanol–water partition coefficient (Wildman–Crippen LogP) is 5.76. The first kappa shape index (κ1) is 17.6. The molecule has 3 aromatic carbocycles. The Labute approximate surface area is 172 Å².